The fraction of sp³-hybridized carbons (Fsp3) is 0.111. The van der Waals surface area contributed by atoms with Crippen LogP contribution in [0.25, 0.3) is 5.69 Å². The van der Waals surface area contributed by atoms with E-state index >= 15 is 0 Å². The number of halogens is 2. The molecular formula is C18H15F2N3OS. The summed E-state index contributed by atoms with van der Waals surface area (Å²) in [5.41, 5.74) is 1.06. The molecule has 0 saturated heterocycles. The predicted molar refractivity (Wildman–Crippen MR) is 92.5 cm³/mol. The van der Waals surface area contributed by atoms with Crippen molar-refractivity contribution >= 4 is 17.7 Å². The molecule has 0 atom stereocenters. The number of nitrogens with zero attached hydrogens (tertiary/aromatic N) is 2. The number of imidazole rings is 1. The van der Waals surface area contributed by atoms with Crippen molar-refractivity contribution in [2.45, 2.75) is 11.7 Å². The van der Waals surface area contributed by atoms with Crippen LogP contribution >= 0.6 is 11.8 Å². The van der Waals surface area contributed by atoms with E-state index in [9.17, 15) is 13.6 Å². The van der Waals surface area contributed by atoms with Gasteiger partial charge in [0.05, 0.1) is 11.4 Å². The summed E-state index contributed by atoms with van der Waals surface area (Å²) in [7, 11) is 0. The smallest absolute Gasteiger partial charge is 0.230 e. The molecule has 1 heterocycles. The lowest BCUT2D eigenvalue weighted by atomic mass is 10.2. The molecule has 0 unspecified atom stereocenters. The summed E-state index contributed by atoms with van der Waals surface area (Å²) in [4.78, 5) is 16.2. The van der Waals surface area contributed by atoms with Crippen LogP contribution < -0.4 is 5.32 Å². The Kier molecular flexibility index (Phi) is 5.45. The standard InChI is InChI=1S/C18H15F2N3OS/c19-14-5-3-6-15(10-14)23-9-8-21-18(23)25-12-17(24)22-11-13-4-1-2-7-16(13)20/h1-10H,11-12H2,(H,22,24). The number of carbonyl (C=O) groups excluding carboxylic acids is 1. The zero-order valence-corrected chi connectivity index (χ0v) is 14.0. The van der Waals surface area contributed by atoms with E-state index in [0.717, 1.165) is 0 Å². The number of carbonyl (C=O) groups is 1. The summed E-state index contributed by atoms with van der Waals surface area (Å²) in [6, 6.07) is 12.4. The highest BCUT2D eigenvalue weighted by atomic mass is 32.2. The van der Waals surface area contributed by atoms with Gasteiger partial charge >= 0.3 is 0 Å². The summed E-state index contributed by atoms with van der Waals surface area (Å²) >= 11 is 1.23. The maximum atomic E-state index is 13.5. The molecule has 128 valence electrons. The Morgan fingerprint density at radius 1 is 1.16 bits per heavy atom. The molecule has 0 bridgehead atoms. The Bertz CT molecular complexity index is 882. The molecule has 0 spiro atoms. The van der Waals surface area contributed by atoms with E-state index in [1.807, 2.05) is 0 Å². The number of nitrogens with one attached hydrogen (secondary N) is 1. The summed E-state index contributed by atoms with van der Waals surface area (Å²) in [6.07, 6.45) is 3.29. The number of hydrogen-bond acceptors (Lipinski definition) is 3. The number of hydrogen-bond donors (Lipinski definition) is 1. The minimum Gasteiger partial charge on any atom is -0.351 e. The van der Waals surface area contributed by atoms with Gasteiger partial charge in [0.15, 0.2) is 5.16 Å². The Labute approximate surface area is 147 Å². The van der Waals surface area contributed by atoms with Gasteiger partial charge in [0, 0.05) is 24.5 Å². The molecule has 25 heavy (non-hydrogen) atoms. The van der Waals surface area contributed by atoms with E-state index < -0.39 is 0 Å². The van der Waals surface area contributed by atoms with Gasteiger partial charge in [0.1, 0.15) is 11.6 Å². The number of benzene rings is 2. The molecule has 0 fully saturated rings. The van der Waals surface area contributed by atoms with E-state index in [1.54, 1.807) is 47.3 Å². The molecule has 3 aromatic rings. The fourth-order valence-electron chi connectivity index (χ4n) is 2.24. The molecule has 2 aromatic carbocycles. The number of amides is 1. The van der Waals surface area contributed by atoms with Crippen LogP contribution in [0, 0.1) is 11.6 Å². The Morgan fingerprint density at radius 3 is 2.80 bits per heavy atom. The summed E-state index contributed by atoms with van der Waals surface area (Å²) in [5.74, 6) is -0.801. The second-order valence-electron chi connectivity index (χ2n) is 5.22. The van der Waals surface area contributed by atoms with Crippen LogP contribution in [0.2, 0.25) is 0 Å². The van der Waals surface area contributed by atoms with Gasteiger partial charge in [-0.25, -0.2) is 13.8 Å². The molecule has 4 nitrogen and oxygen atoms in total. The first kappa shape index (κ1) is 17.2. The third-order valence-electron chi connectivity index (χ3n) is 3.46. The fourth-order valence-corrected chi connectivity index (χ4v) is 3.04. The Morgan fingerprint density at radius 2 is 2.00 bits per heavy atom. The lowest BCUT2D eigenvalue weighted by Crippen LogP contribution is -2.25. The van der Waals surface area contributed by atoms with Crippen molar-refractivity contribution < 1.29 is 13.6 Å². The molecule has 0 aliphatic heterocycles. The molecule has 3 rings (SSSR count). The molecule has 0 saturated carbocycles. The first-order valence-electron chi connectivity index (χ1n) is 7.55. The molecule has 0 aliphatic rings. The van der Waals surface area contributed by atoms with Crippen molar-refractivity contribution in [3.8, 4) is 5.69 Å². The van der Waals surface area contributed by atoms with Gasteiger partial charge in [0.2, 0.25) is 5.91 Å². The highest BCUT2D eigenvalue weighted by molar-refractivity contribution is 7.99. The number of rotatable bonds is 6. The zero-order valence-electron chi connectivity index (χ0n) is 13.2. The average Bonchev–Trinajstić information content (AvgIpc) is 3.08. The third-order valence-corrected chi connectivity index (χ3v) is 4.43. The van der Waals surface area contributed by atoms with Crippen LogP contribution in [-0.4, -0.2) is 21.2 Å². The lowest BCUT2D eigenvalue weighted by Gasteiger charge is -2.08. The Hall–Kier alpha value is -2.67. The Balaban J connectivity index is 1.58. The van der Waals surface area contributed by atoms with Crippen molar-refractivity contribution in [1.29, 1.82) is 0 Å². The minimum absolute atomic E-state index is 0.126. The van der Waals surface area contributed by atoms with Gasteiger partial charge < -0.3 is 5.32 Å². The SMILES string of the molecule is O=C(CSc1nccn1-c1cccc(F)c1)NCc1ccccc1F. The van der Waals surface area contributed by atoms with E-state index in [1.165, 1.54) is 30.0 Å². The van der Waals surface area contributed by atoms with Gasteiger partial charge in [-0.3, -0.25) is 9.36 Å². The largest absolute Gasteiger partial charge is 0.351 e. The topological polar surface area (TPSA) is 46.9 Å². The van der Waals surface area contributed by atoms with Gasteiger partial charge in [-0.1, -0.05) is 36.0 Å². The van der Waals surface area contributed by atoms with Crippen LogP contribution in [0.15, 0.2) is 66.1 Å². The molecule has 1 amide bonds. The van der Waals surface area contributed by atoms with Crippen molar-refractivity contribution in [3.63, 3.8) is 0 Å². The molecule has 1 aromatic heterocycles. The molecule has 0 radical (unpaired) electrons. The van der Waals surface area contributed by atoms with Crippen LogP contribution in [0.1, 0.15) is 5.56 Å². The highest BCUT2D eigenvalue weighted by Gasteiger charge is 2.10. The van der Waals surface area contributed by atoms with Gasteiger partial charge in [-0.2, -0.15) is 0 Å². The third kappa shape index (κ3) is 4.45. The molecule has 1 N–H and O–H groups in total. The van der Waals surface area contributed by atoms with E-state index in [4.69, 9.17) is 0 Å². The lowest BCUT2D eigenvalue weighted by molar-refractivity contribution is -0.118. The van der Waals surface area contributed by atoms with Gasteiger partial charge in [0.25, 0.3) is 0 Å². The maximum Gasteiger partial charge on any atom is 0.230 e. The van der Waals surface area contributed by atoms with Crippen molar-refractivity contribution in [2.75, 3.05) is 5.75 Å². The highest BCUT2D eigenvalue weighted by Crippen LogP contribution is 2.20. The summed E-state index contributed by atoms with van der Waals surface area (Å²) in [5, 5.41) is 3.25. The zero-order chi connectivity index (χ0) is 17.6. The van der Waals surface area contributed by atoms with Crippen molar-refractivity contribution in [3.05, 3.63) is 78.1 Å². The monoisotopic (exact) mass is 359 g/mol. The van der Waals surface area contributed by atoms with Crippen molar-refractivity contribution in [2.24, 2.45) is 0 Å². The molecule has 0 aliphatic carbocycles. The maximum absolute atomic E-state index is 13.5. The molecule has 7 heteroatoms. The number of aromatic nitrogens is 2. The quantitative estimate of drug-likeness (QED) is 0.685. The van der Waals surface area contributed by atoms with Gasteiger partial charge in [-0.15, -0.1) is 0 Å². The van der Waals surface area contributed by atoms with E-state index in [0.29, 0.717) is 16.4 Å². The van der Waals surface area contributed by atoms with Gasteiger partial charge in [-0.05, 0) is 24.3 Å². The van der Waals surface area contributed by atoms with Crippen LogP contribution in [-0.2, 0) is 11.3 Å². The predicted octanol–water partition coefficient (Wildman–Crippen LogP) is 3.56. The first-order chi connectivity index (χ1) is 12.1. The van der Waals surface area contributed by atoms with Crippen molar-refractivity contribution in [1.82, 2.24) is 14.9 Å². The minimum atomic E-state index is -0.350. The van der Waals surface area contributed by atoms with Crippen LogP contribution in [0.3, 0.4) is 0 Å². The normalized spacial score (nSPS) is 10.6. The number of thioether (sulfide) groups is 1. The van der Waals surface area contributed by atoms with E-state index in [-0.39, 0.29) is 29.8 Å². The first-order valence-corrected chi connectivity index (χ1v) is 8.54. The summed E-state index contributed by atoms with van der Waals surface area (Å²) in [6.45, 7) is 0.129. The molecular weight excluding hydrogens is 344 g/mol. The summed E-state index contributed by atoms with van der Waals surface area (Å²) < 4.78 is 28.6. The average molecular weight is 359 g/mol. The second-order valence-corrected chi connectivity index (χ2v) is 6.16. The second kappa shape index (κ2) is 7.94. The van der Waals surface area contributed by atoms with Crippen LogP contribution in [0.5, 0.6) is 0 Å². The van der Waals surface area contributed by atoms with E-state index in [2.05, 4.69) is 10.3 Å². The van der Waals surface area contributed by atoms with Crippen LogP contribution in [0.4, 0.5) is 8.78 Å².